The third kappa shape index (κ3) is 3.80. The first kappa shape index (κ1) is 21.4. The highest BCUT2D eigenvalue weighted by atomic mass is 35.5. The number of halogens is 1. The molecule has 1 saturated carbocycles. The maximum Gasteiger partial charge on any atom is 0.331 e. The van der Waals surface area contributed by atoms with Gasteiger partial charge < -0.3 is 9.84 Å². The Morgan fingerprint density at radius 2 is 1.65 bits per heavy atom. The Morgan fingerprint density at radius 3 is 2.19 bits per heavy atom. The molecule has 2 N–H and O–H groups in total. The van der Waals surface area contributed by atoms with Crippen molar-refractivity contribution in [3.05, 3.63) is 83.4 Å². The van der Waals surface area contributed by atoms with Gasteiger partial charge in [-0.1, -0.05) is 54.1 Å². The molecule has 1 aliphatic rings. The van der Waals surface area contributed by atoms with Crippen LogP contribution in [0.5, 0.6) is 5.75 Å². The van der Waals surface area contributed by atoms with Crippen molar-refractivity contribution in [2.24, 2.45) is 0 Å². The number of para-hydroxylation sites is 1. The van der Waals surface area contributed by atoms with Gasteiger partial charge in [-0.2, -0.15) is 0 Å². The van der Waals surface area contributed by atoms with Gasteiger partial charge in [0.15, 0.2) is 5.54 Å². The molecule has 0 aromatic heterocycles. The standard InChI is InChI=1S/C23H20ClNO5S/c1-30-21-5-3-2-4-19(21)20-14-23(20,22(26)27)25(31(28)29)18-12-8-16(9-13-18)15-6-10-17(24)11-7-15/h2-13,20H,14H2,1H3,(H,26,27)(H,28,29). The van der Waals surface area contributed by atoms with Crippen molar-refractivity contribution in [2.45, 2.75) is 17.9 Å². The van der Waals surface area contributed by atoms with Crippen LogP contribution >= 0.6 is 11.6 Å². The molecule has 3 aromatic rings. The van der Waals surface area contributed by atoms with Crippen LogP contribution in [0.2, 0.25) is 5.02 Å². The SMILES string of the molecule is COc1ccccc1C1CC1(C(=O)O)N(c1ccc(-c2ccc(Cl)cc2)cc1)S(=O)O. The normalized spacial score (nSPS) is 20.7. The molecule has 8 heteroatoms. The van der Waals surface area contributed by atoms with Gasteiger partial charge in [0.05, 0.1) is 12.8 Å². The number of benzene rings is 3. The predicted octanol–water partition coefficient (Wildman–Crippen LogP) is 4.97. The minimum Gasteiger partial charge on any atom is -0.496 e. The van der Waals surface area contributed by atoms with Crippen LogP contribution in [-0.2, 0) is 16.1 Å². The van der Waals surface area contributed by atoms with E-state index in [1.807, 2.05) is 12.1 Å². The summed E-state index contributed by atoms with van der Waals surface area (Å²) in [7, 11) is 1.51. The quantitative estimate of drug-likeness (QED) is 0.489. The third-order valence-corrected chi connectivity index (χ3v) is 6.72. The van der Waals surface area contributed by atoms with E-state index in [-0.39, 0.29) is 6.42 Å². The molecule has 0 bridgehead atoms. The molecule has 160 valence electrons. The van der Waals surface area contributed by atoms with Gasteiger partial charge in [-0.25, -0.2) is 9.00 Å². The first-order valence-electron chi connectivity index (χ1n) is 9.52. The average molecular weight is 458 g/mol. The van der Waals surface area contributed by atoms with Crippen molar-refractivity contribution in [3.8, 4) is 16.9 Å². The van der Waals surface area contributed by atoms with Crippen LogP contribution in [0.15, 0.2) is 72.8 Å². The zero-order valence-corrected chi connectivity index (χ0v) is 18.1. The van der Waals surface area contributed by atoms with E-state index in [0.717, 1.165) is 15.4 Å². The summed E-state index contributed by atoms with van der Waals surface area (Å²) in [5, 5.41) is 10.7. The number of carbonyl (C=O) groups is 1. The molecule has 4 rings (SSSR count). The van der Waals surface area contributed by atoms with Crippen LogP contribution in [0.3, 0.4) is 0 Å². The van der Waals surface area contributed by atoms with E-state index in [1.165, 1.54) is 7.11 Å². The highest BCUT2D eigenvalue weighted by Crippen LogP contribution is 2.59. The summed E-state index contributed by atoms with van der Waals surface area (Å²) >= 11 is 3.40. The van der Waals surface area contributed by atoms with E-state index in [0.29, 0.717) is 22.0 Å². The zero-order chi connectivity index (χ0) is 22.2. The first-order chi connectivity index (χ1) is 14.9. The lowest BCUT2D eigenvalue weighted by molar-refractivity contribution is -0.139. The number of anilines is 1. The van der Waals surface area contributed by atoms with Crippen molar-refractivity contribution in [1.82, 2.24) is 0 Å². The summed E-state index contributed by atoms with van der Waals surface area (Å²) in [4.78, 5) is 12.4. The first-order valence-corrected chi connectivity index (χ1v) is 11.0. The van der Waals surface area contributed by atoms with Gasteiger partial charge in [0.25, 0.3) is 11.3 Å². The Hall–Kier alpha value is -2.87. The summed E-state index contributed by atoms with van der Waals surface area (Å²) in [6, 6.07) is 21.3. The Bertz CT molecular complexity index is 1140. The number of carboxylic acids is 1. The summed E-state index contributed by atoms with van der Waals surface area (Å²) in [6.07, 6.45) is 0.188. The van der Waals surface area contributed by atoms with Crippen LogP contribution in [0.4, 0.5) is 5.69 Å². The number of hydrogen-bond donors (Lipinski definition) is 2. The minimum absolute atomic E-state index is 0.188. The van der Waals surface area contributed by atoms with Gasteiger partial charge in [-0.3, -0.25) is 8.86 Å². The number of methoxy groups -OCH3 is 1. The van der Waals surface area contributed by atoms with E-state index in [9.17, 15) is 18.7 Å². The van der Waals surface area contributed by atoms with Crippen LogP contribution < -0.4 is 9.04 Å². The van der Waals surface area contributed by atoms with Gasteiger partial charge in [-0.15, -0.1) is 0 Å². The van der Waals surface area contributed by atoms with E-state index in [2.05, 4.69) is 0 Å². The Labute approximate surface area is 187 Å². The molecule has 6 nitrogen and oxygen atoms in total. The van der Waals surface area contributed by atoms with Crippen molar-refractivity contribution >= 4 is 34.5 Å². The molecule has 0 saturated heterocycles. The third-order valence-electron chi connectivity index (χ3n) is 5.61. The second-order valence-corrected chi connectivity index (χ2v) is 8.57. The van der Waals surface area contributed by atoms with Gasteiger partial charge in [0, 0.05) is 16.5 Å². The van der Waals surface area contributed by atoms with Crippen LogP contribution in [0.25, 0.3) is 11.1 Å². The maximum atomic E-state index is 12.4. The molecule has 0 radical (unpaired) electrons. The lowest BCUT2D eigenvalue weighted by Gasteiger charge is -2.28. The summed E-state index contributed by atoms with van der Waals surface area (Å²) in [6.45, 7) is 0. The Kier molecular flexibility index (Phi) is 5.75. The Balaban J connectivity index is 1.71. The second-order valence-electron chi connectivity index (χ2n) is 7.31. The molecule has 0 aliphatic heterocycles. The second kappa shape index (κ2) is 8.34. The predicted molar refractivity (Wildman–Crippen MR) is 121 cm³/mol. The maximum absolute atomic E-state index is 12.4. The molecular formula is C23H20ClNO5S. The van der Waals surface area contributed by atoms with Crippen molar-refractivity contribution in [3.63, 3.8) is 0 Å². The average Bonchev–Trinajstić information content (AvgIpc) is 3.51. The molecule has 0 heterocycles. The van der Waals surface area contributed by atoms with Gasteiger partial charge in [-0.05, 0) is 47.9 Å². The number of ether oxygens (including phenoxy) is 1. The molecule has 0 spiro atoms. The highest BCUT2D eigenvalue weighted by molar-refractivity contribution is 7.80. The lowest BCUT2D eigenvalue weighted by atomic mass is 10.0. The van der Waals surface area contributed by atoms with E-state index >= 15 is 0 Å². The molecule has 3 unspecified atom stereocenters. The fourth-order valence-corrected chi connectivity index (χ4v) is 5.00. The highest BCUT2D eigenvalue weighted by Gasteiger charge is 2.67. The Morgan fingerprint density at radius 1 is 1.06 bits per heavy atom. The molecule has 3 aromatic carbocycles. The lowest BCUT2D eigenvalue weighted by Crippen LogP contribution is -2.46. The van der Waals surface area contributed by atoms with Crippen molar-refractivity contribution in [1.29, 1.82) is 0 Å². The minimum atomic E-state index is -2.54. The smallest absolute Gasteiger partial charge is 0.331 e. The van der Waals surface area contributed by atoms with Crippen LogP contribution in [0.1, 0.15) is 17.9 Å². The number of aliphatic carboxylic acids is 1. The van der Waals surface area contributed by atoms with E-state index in [4.69, 9.17) is 16.3 Å². The zero-order valence-electron chi connectivity index (χ0n) is 16.6. The van der Waals surface area contributed by atoms with E-state index < -0.39 is 28.7 Å². The molecule has 1 fully saturated rings. The largest absolute Gasteiger partial charge is 0.496 e. The van der Waals surface area contributed by atoms with E-state index in [1.54, 1.807) is 60.7 Å². The van der Waals surface area contributed by atoms with Crippen LogP contribution in [0, 0.1) is 0 Å². The molecule has 3 atom stereocenters. The molecule has 1 aliphatic carbocycles. The number of rotatable bonds is 7. The number of nitrogens with zero attached hydrogens (tertiary/aromatic N) is 1. The fourth-order valence-electron chi connectivity index (χ4n) is 4.01. The van der Waals surface area contributed by atoms with Gasteiger partial charge in [0.2, 0.25) is 0 Å². The number of hydrogen-bond acceptors (Lipinski definition) is 3. The molecular weight excluding hydrogens is 438 g/mol. The molecule has 0 amide bonds. The van der Waals surface area contributed by atoms with Crippen LogP contribution in [-0.4, -0.2) is 32.5 Å². The monoisotopic (exact) mass is 457 g/mol. The van der Waals surface area contributed by atoms with Gasteiger partial charge >= 0.3 is 5.97 Å². The number of carboxylic acid groups (broad SMARTS) is 1. The van der Waals surface area contributed by atoms with Crippen molar-refractivity contribution in [2.75, 3.05) is 11.4 Å². The fraction of sp³-hybridized carbons (Fsp3) is 0.174. The topological polar surface area (TPSA) is 87.1 Å². The summed E-state index contributed by atoms with van der Waals surface area (Å²) < 4.78 is 28.9. The van der Waals surface area contributed by atoms with Crippen molar-refractivity contribution < 1.29 is 23.4 Å². The van der Waals surface area contributed by atoms with Gasteiger partial charge in [0.1, 0.15) is 5.75 Å². The molecule has 31 heavy (non-hydrogen) atoms. The summed E-state index contributed by atoms with van der Waals surface area (Å²) in [5.41, 5.74) is 1.30. The summed E-state index contributed by atoms with van der Waals surface area (Å²) in [5.74, 6) is -1.10.